The molecule has 0 fully saturated rings. The maximum absolute atomic E-state index is 13.5. The Hall–Kier alpha value is -4.07. The van der Waals surface area contributed by atoms with Gasteiger partial charge in [-0.3, -0.25) is 9.48 Å². The number of aryl methyl sites for hydroxylation is 2. The fourth-order valence-corrected chi connectivity index (χ4v) is 3.73. The molecular weight excluding hydrogens is 406 g/mol. The van der Waals surface area contributed by atoms with Crippen molar-refractivity contribution < 1.29 is 14.3 Å². The van der Waals surface area contributed by atoms with Gasteiger partial charge in [0.1, 0.15) is 0 Å². The van der Waals surface area contributed by atoms with Crippen LogP contribution in [-0.4, -0.2) is 37.2 Å². The molecule has 8 nitrogen and oxygen atoms in total. The maximum Gasteiger partial charge on any atom is 0.275 e. The molecule has 0 saturated carbocycles. The number of nitrogens with zero attached hydrogens (tertiary/aromatic N) is 5. The summed E-state index contributed by atoms with van der Waals surface area (Å²) in [6, 6.07) is 19.4. The molecule has 1 aliphatic rings. The standard InChI is InChI=1S/C24H23N5O3/c1-17-12-21(26-27(17)2)24(30)28(14-18-8-9-22-23(13-18)32-16-31-22)15-20-10-11-25-29(20)19-6-4-3-5-7-19/h3-13H,14-16H2,1-2H3. The van der Waals surface area contributed by atoms with Gasteiger partial charge in [0, 0.05) is 25.5 Å². The first-order valence-electron chi connectivity index (χ1n) is 10.4. The fraction of sp³-hybridized carbons (Fsp3) is 0.208. The van der Waals surface area contributed by atoms with E-state index in [-0.39, 0.29) is 12.7 Å². The summed E-state index contributed by atoms with van der Waals surface area (Å²) in [6.45, 7) is 2.91. The number of para-hydroxylation sites is 1. The molecule has 0 aliphatic carbocycles. The summed E-state index contributed by atoms with van der Waals surface area (Å²) in [6.07, 6.45) is 1.75. The van der Waals surface area contributed by atoms with Gasteiger partial charge in [-0.05, 0) is 48.9 Å². The van der Waals surface area contributed by atoms with Crippen molar-refractivity contribution in [3.05, 3.63) is 89.5 Å². The maximum atomic E-state index is 13.5. The summed E-state index contributed by atoms with van der Waals surface area (Å²) in [5.41, 5.74) is 4.12. The van der Waals surface area contributed by atoms with Gasteiger partial charge < -0.3 is 14.4 Å². The average Bonchev–Trinajstić information content (AvgIpc) is 3.54. The number of fused-ring (bicyclic) bond motifs is 1. The molecule has 5 rings (SSSR count). The number of hydrogen-bond donors (Lipinski definition) is 0. The van der Waals surface area contributed by atoms with Gasteiger partial charge in [0.25, 0.3) is 5.91 Å². The molecule has 0 atom stereocenters. The first-order chi connectivity index (χ1) is 15.6. The van der Waals surface area contributed by atoms with Crippen molar-refractivity contribution in [2.75, 3.05) is 6.79 Å². The Bertz CT molecular complexity index is 1240. The van der Waals surface area contributed by atoms with Gasteiger partial charge in [0.05, 0.1) is 17.9 Å². The second-order valence-electron chi connectivity index (χ2n) is 7.71. The molecule has 0 radical (unpaired) electrons. The lowest BCUT2D eigenvalue weighted by Crippen LogP contribution is -2.31. The highest BCUT2D eigenvalue weighted by Crippen LogP contribution is 2.33. The zero-order valence-electron chi connectivity index (χ0n) is 17.9. The van der Waals surface area contributed by atoms with Crippen LogP contribution in [0.25, 0.3) is 5.69 Å². The lowest BCUT2D eigenvalue weighted by Gasteiger charge is -2.23. The molecule has 0 bridgehead atoms. The molecule has 162 valence electrons. The van der Waals surface area contributed by atoms with Crippen LogP contribution < -0.4 is 9.47 Å². The highest BCUT2D eigenvalue weighted by molar-refractivity contribution is 5.92. The largest absolute Gasteiger partial charge is 0.454 e. The summed E-state index contributed by atoms with van der Waals surface area (Å²) in [4.78, 5) is 15.3. The van der Waals surface area contributed by atoms with Gasteiger partial charge in [-0.15, -0.1) is 0 Å². The van der Waals surface area contributed by atoms with Crippen LogP contribution in [0.5, 0.6) is 11.5 Å². The molecule has 2 aromatic heterocycles. The minimum atomic E-state index is -0.146. The van der Waals surface area contributed by atoms with Gasteiger partial charge in [-0.1, -0.05) is 24.3 Å². The van der Waals surface area contributed by atoms with Gasteiger partial charge in [0.2, 0.25) is 6.79 Å². The smallest absolute Gasteiger partial charge is 0.275 e. The van der Waals surface area contributed by atoms with Crippen LogP contribution in [0.4, 0.5) is 0 Å². The number of hydrogen-bond acceptors (Lipinski definition) is 5. The van der Waals surface area contributed by atoms with Gasteiger partial charge in [-0.2, -0.15) is 10.2 Å². The predicted octanol–water partition coefficient (Wildman–Crippen LogP) is 3.49. The lowest BCUT2D eigenvalue weighted by atomic mass is 10.1. The third-order valence-electron chi connectivity index (χ3n) is 5.51. The number of rotatable bonds is 6. The van der Waals surface area contributed by atoms with E-state index in [1.165, 1.54) is 0 Å². The third-order valence-corrected chi connectivity index (χ3v) is 5.51. The number of amides is 1. The number of aromatic nitrogens is 4. The van der Waals surface area contributed by atoms with Crippen molar-refractivity contribution in [1.29, 1.82) is 0 Å². The van der Waals surface area contributed by atoms with Crippen LogP contribution in [-0.2, 0) is 20.1 Å². The molecule has 0 spiro atoms. The minimum absolute atomic E-state index is 0.146. The molecule has 1 amide bonds. The van der Waals surface area contributed by atoms with Crippen molar-refractivity contribution in [1.82, 2.24) is 24.5 Å². The van der Waals surface area contributed by atoms with Crippen LogP contribution in [0.1, 0.15) is 27.4 Å². The fourth-order valence-electron chi connectivity index (χ4n) is 3.73. The Labute approximate surface area is 185 Å². The highest BCUT2D eigenvalue weighted by atomic mass is 16.7. The van der Waals surface area contributed by atoms with E-state index < -0.39 is 0 Å². The Kier molecular flexibility index (Phi) is 5.10. The summed E-state index contributed by atoms with van der Waals surface area (Å²) in [5, 5.41) is 8.87. The zero-order valence-corrected chi connectivity index (χ0v) is 17.9. The Balaban J connectivity index is 1.47. The Morgan fingerprint density at radius 3 is 2.62 bits per heavy atom. The van der Waals surface area contributed by atoms with Gasteiger partial charge in [-0.25, -0.2) is 4.68 Å². The van der Waals surface area contributed by atoms with Crippen LogP contribution in [0.3, 0.4) is 0 Å². The topological polar surface area (TPSA) is 74.4 Å². The summed E-state index contributed by atoms with van der Waals surface area (Å²) in [7, 11) is 1.83. The minimum Gasteiger partial charge on any atom is -0.454 e. The second-order valence-corrected chi connectivity index (χ2v) is 7.71. The van der Waals surface area contributed by atoms with E-state index in [2.05, 4.69) is 10.2 Å². The van der Waals surface area contributed by atoms with Gasteiger partial charge >= 0.3 is 0 Å². The molecule has 0 unspecified atom stereocenters. The molecular formula is C24H23N5O3. The van der Waals surface area contributed by atoms with E-state index in [0.29, 0.717) is 30.3 Å². The van der Waals surface area contributed by atoms with E-state index in [1.54, 1.807) is 15.8 Å². The summed E-state index contributed by atoms with van der Waals surface area (Å²) >= 11 is 0. The van der Waals surface area contributed by atoms with Crippen molar-refractivity contribution in [3.63, 3.8) is 0 Å². The van der Waals surface area contributed by atoms with E-state index in [9.17, 15) is 4.79 Å². The van der Waals surface area contributed by atoms with Crippen molar-refractivity contribution in [2.24, 2.45) is 7.05 Å². The molecule has 1 aliphatic heterocycles. The molecule has 0 saturated heterocycles. The van der Waals surface area contributed by atoms with Crippen molar-refractivity contribution in [3.8, 4) is 17.2 Å². The molecule has 32 heavy (non-hydrogen) atoms. The Morgan fingerprint density at radius 1 is 1.03 bits per heavy atom. The number of benzene rings is 2. The highest BCUT2D eigenvalue weighted by Gasteiger charge is 2.23. The van der Waals surface area contributed by atoms with Gasteiger partial charge in [0.15, 0.2) is 17.2 Å². The molecule has 2 aromatic carbocycles. The van der Waals surface area contributed by atoms with Crippen molar-refractivity contribution >= 4 is 5.91 Å². The first-order valence-corrected chi connectivity index (χ1v) is 10.4. The summed E-state index contributed by atoms with van der Waals surface area (Å²) in [5.74, 6) is 1.26. The number of carbonyl (C=O) groups excluding carboxylic acids is 1. The molecule has 4 aromatic rings. The zero-order chi connectivity index (χ0) is 22.1. The Morgan fingerprint density at radius 2 is 1.84 bits per heavy atom. The third kappa shape index (κ3) is 3.82. The van der Waals surface area contributed by atoms with Crippen LogP contribution >= 0.6 is 0 Å². The monoisotopic (exact) mass is 429 g/mol. The quantitative estimate of drug-likeness (QED) is 0.469. The first kappa shape index (κ1) is 19.9. The molecule has 0 N–H and O–H groups in total. The average molecular weight is 429 g/mol. The normalized spacial score (nSPS) is 12.2. The van der Waals surface area contributed by atoms with E-state index in [1.807, 2.05) is 79.3 Å². The van der Waals surface area contributed by atoms with Crippen LogP contribution in [0.2, 0.25) is 0 Å². The molecule has 3 heterocycles. The number of ether oxygens (including phenoxy) is 2. The predicted molar refractivity (Wildman–Crippen MR) is 118 cm³/mol. The second kappa shape index (κ2) is 8.22. The van der Waals surface area contributed by atoms with Crippen LogP contribution in [0, 0.1) is 6.92 Å². The molecule has 8 heteroatoms. The van der Waals surface area contributed by atoms with E-state index in [4.69, 9.17) is 9.47 Å². The SMILES string of the molecule is Cc1cc(C(=O)N(Cc2ccc3c(c2)OCO3)Cc2ccnn2-c2ccccc2)nn1C. The van der Waals surface area contributed by atoms with Crippen LogP contribution in [0.15, 0.2) is 66.9 Å². The lowest BCUT2D eigenvalue weighted by molar-refractivity contribution is 0.0719. The van der Waals surface area contributed by atoms with E-state index >= 15 is 0 Å². The number of carbonyl (C=O) groups is 1. The summed E-state index contributed by atoms with van der Waals surface area (Å²) < 4.78 is 14.5. The van der Waals surface area contributed by atoms with E-state index in [0.717, 1.165) is 22.6 Å². The van der Waals surface area contributed by atoms with Crippen molar-refractivity contribution in [2.45, 2.75) is 20.0 Å².